The zero-order valence-corrected chi connectivity index (χ0v) is 14.7. The van der Waals surface area contributed by atoms with Crippen LogP contribution in [0.25, 0.3) is 0 Å². The predicted molar refractivity (Wildman–Crippen MR) is 96.1 cm³/mol. The van der Waals surface area contributed by atoms with Crippen LogP contribution >= 0.6 is 0 Å². The molecule has 1 aromatic heterocycles. The molecular weight excluding hydrogens is 300 g/mol. The Morgan fingerprint density at radius 2 is 2.04 bits per heavy atom. The number of rotatable bonds is 5. The van der Waals surface area contributed by atoms with Crippen molar-refractivity contribution in [1.82, 2.24) is 4.98 Å². The third-order valence-electron chi connectivity index (χ3n) is 4.52. The second-order valence-corrected chi connectivity index (χ2v) is 6.77. The first-order valence-electron chi connectivity index (χ1n) is 8.45. The van der Waals surface area contributed by atoms with E-state index < -0.39 is 0 Å². The molecule has 0 spiro atoms. The molecule has 2 aromatic rings. The van der Waals surface area contributed by atoms with Crippen molar-refractivity contribution < 1.29 is 9.53 Å². The SMILES string of the molecule is COC(=O)c1ccc(Nc2cc(C(C)C)c(C3CC3)cc2C)nc1. The van der Waals surface area contributed by atoms with Crippen molar-refractivity contribution in [2.45, 2.75) is 45.4 Å². The average molecular weight is 324 g/mol. The molecule has 0 aliphatic heterocycles. The molecule has 0 atom stereocenters. The van der Waals surface area contributed by atoms with Gasteiger partial charge >= 0.3 is 5.97 Å². The standard InChI is InChI=1S/C20H24N2O2/c1-12(2)16-10-18(13(3)9-17(16)14-5-6-14)22-19-8-7-15(11-21-19)20(23)24-4/h7-12,14H,5-6H2,1-4H3,(H,21,22). The number of nitrogens with zero attached hydrogens (tertiary/aromatic N) is 1. The fourth-order valence-corrected chi connectivity index (χ4v) is 2.97. The number of nitrogens with one attached hydrogen (secondary N) is 1. The van der Waals surface area contributed by atoms with E-state index in [2.05, 4.69) is 43.2 Å². The maximum absolute atomic E-state index is 11.5. The Labute approximate surface area is 143 Å². The van der Waals surface area contributed by atoms with Gasteiger partial charge in [0.15, 0.2) is 0 Å². The van der Waals surface area contributed by atoms with Gasteiger partial charge in [0.25, 0.3) is 0 Å². The third kappa shape index (κ3) is 3.42. The van der Waals surface area contributed by atoms with E-state index in [1.54, 1.807) is 12.1 Å². The molecule has 1 saturated carbocycles. The lowest BCUT2D eigenvalue weighted by Crippen LogP contribution is -2.04. The normalized spacial score (nSPS) is 13.9. The van der Waals surface area contributed by atoms with E-state index in [0.29, 0.717) is 11.5 Å². The minimum atomic E-state index is -0.374. The molecule has 126 valence electrons. The van der Waals surface area contributed by atoms with E-state index in [1.165, 1.54) is 42.8 Å². The lowest BCUT2D eigenvalue weighted by atomic mass is 9.92. The number of pyridine rings is 1. The summed E-state index contributed by atoms with van der Waals surface area (Å²) in [6.45, 7) is 6.61. The maximum atomic E-state index is 11.5. The molecule has 1 aliphatic rings. The highest BCUT2D eigenvalue weighted by Crippen LogP contribution is 2.44. The molecule has 1 N–H and O–H groups in total. The van der Waals surface area contributed by atoms with Crippen LogP contribution in [0, 0.1) is 6.92 Å². The Bertz CT molecular complexity index is 747. The molecule has 0 amide bonds. The number of aromatic nitrogens is 1. The van der Waals surface area contributed by atoms with Crippen LogP contribution in [0.4, 0.5) is 11.5 Å². The molecule has 4 heteroatoms. The zero-order valence-electron chi connectivity index (χ0n) is 14.7. The van der Waals surface area contributed by atoms with Crippen LogP contribution in [-0.4, -0.2) is 18.1 Å². The lowest BCUT2D eigenvalue weighted by molar-refractivity contribution is 0.0600. The first-order chi connectivity index (χ1) is 11.5. The Balaban J connectivity index is 1.86. The highest BCUT2D eigenvalue weighted by molar-refractivity contribution is 5.89. The summed E-state index contributed by atoms with van der Waals surface area (Å²) in [7, 11) is 1.37. The Kier molecular flexibility index (Phi) is 4.56. The molecule has 0 saturated heterocycles. The molecule has 3 rings (SSSR count). The maximum Gasteiger partial charge on any atom is 0.339 e. The summed E-state index contributed by atoms with van der Waals surface area (Å²) >= 11 is 0. The van der Waals surface area contributed by atoms with E-state index in [4.69, 9.17) is 4.74 Å². The molecular formula is C20H24N2O2. The number of methoxy groups -OCH3 is 1. The van der Waals surface area contributed by atoms with Crippen LogP contribution in [0.15, 0.2) is 30.5 Å². The van der Waals surface area contributed by atoms with Crippen molar-refractivity contribution in [3.63, 3.8) is 0 Å². The van der Waals surface area contributed by atoms with Crippen molar-refractivity contribution in [1.29, 1.82) is 0 Å². The van der Waals surface area contributed by atoms with E-state index >= 15 is 0 Å². The molecule has 0 bridgehead atoms. The Hall–Kier alpha value is -2.36. The van der Waals surface area contributed by atoms with Gasteiger partial charge in [0.1, 0.15) is 5.82 Å². The number of carbonyl (C=O) groups excluding carboxylic acids is 1. The first kappa shape index (κ1) is 16.5. The van der Waals surface area contributed by atoms with Gasteiger partial charge in [-0.15, -0.1) is 0 Å². The van der Waals surface area contributed by atoms with Gasteiger partial charge in [-0.3, -0.25) is 0 Å². The van der Waals surface area contributed by atoms with E-state index in [1.807, 2.05) is 0 Å². The minimum Gasteiger partial charge on any atom is -0.465 e. The van der Waals surface area contributed by atoms with Crippen LogP contribution in [0.2, 0.25) is 0 Å². The van der Waals surface area contributed by atoms with Crippen LogP contribution in [0.3, 0.4) is 0 Å². The molecule has 1 aromatic carbocycles. The average Bonchev–Trinajstić information content (AvgIpc) is 3.41. The molecule has 24 heavy (non-hydrogen) atoms. The summed E-state index contributed by atoms with van der Waals surface area (Å²) in [5, 5.41) is 3.37. The summed E-state index contributed by atoms with van der Waals surface area (Å²) in [5.74, 6) is 1.59. The molecule has 0 unspecified atom stereocenters. The van der Waals surface area contributed by atoms with E-state index in [0.717, 1.165) is 17.4 Å². The quantitative estimate of drug-likeness (QED) is 0.793. The second-order valence-electron chi connectivity index (χ2n) is 6.77. The predicted octanol–water partition coefficient (Wildman–Crippen LogP) is 4.92. The van der Waals surface area contributed by atoms with Crippen molar-refractivity contribution in [2.24, 2.45) is 0 Å². The lowest BCUT2D eigenvalue weighted by Gasteiger charge is -2.18. The van der Waals surface area contributed by atoms with Crippen LogP contribution < -0.4 is 5.32 Å². The molecule has 4 nitrogen and oxygen atoms in total. The highest BCUT2D eigenvalue weighted by atomic mass is 16.5. The van der Waals surface area contributed by atoms with Crippen LogP contribution in [0.5, 0.6) is 0 Å². The number of hydrogen-bond donors (Lipinski definition) is 1. The van der Waals surface area contributed by atoms with E-state index in [-0.39, 0.29) is 5.97 Å². The number of esters is 1. The van der Waals surface area contributed by atoms with Crippen molar-refractivity contribution in [3.8, 4) is 0 Å². The van der Waals surface area contributed by atoms with Gasteiger partial charge in [0.05, 0.1) is 12.7 Å². The van der Waals surface area contributed by atoms with Crippen LogP contribution in [0.1, 0.15) is 65.6 Å². The molecule has 1 fully saturated rings. The van der Waals surface area contributed by atoms with Crippen LogP contribution in [-0.2, 0) is 4.74 Å². The largest absolute Gasteiger partial charge is 0.465 e. The van der Waals surface area contributed by atoms with Crippen molar-refractivity contribution in [2.75, 3.05) is 12.4 Å². The number of ether oxygens (including phenoxy) is 1. The fraction of sp³-hybridized carbons (Fsp3) is 0.400. The minimum absolute atomic E-state index is 0.374. The monoisotopic (exact) mass is 324 g/mol. The Morgan fingerprint density at radius 1 is 1.29 bits per heavy atom. The smallest absolute Gasteiger partial charge is 0.339 e. The topological polar surface area (TPSA) is 51.2 Å². The summed E-state index contributed by atoms with van der Waals surface area (Å²) < 4.78 is 4.70. The summed E-state index contributed by atoms with van der Waals surface area (Å²) in [6, 6.07) is 8.09. The van der Waals surface area contributed by atoms with Gasteiger partial charge in [0.2, 0.25) is 0 Å². The van der Waals surface area contributed by atoms with Gasteiger partial charge in [0, 0.05) is 11.9 Å². The Morgan fingerprint density at radius 3 is 2.58 bits per heavy atom. The zero-order chi connectivity index (χ0) is 17.3. The molecule has 1 aliphatic carbocycles. The van der Waals surface area contributed by atoms with E-state index in [9.17, 15) is 4.79 Å². The van der Waals surface area contributed by atoms with Gasteiger partial charge in [-0.1, -0.05) is 19.9 Å². The summed E-state index contributed by atoms with van der Waals surface area (Å²) in [4.78, 5) is 15.8. The fourth-order valence-electron chi connectivity index (χ4n) is 2.97. The summed E-state index contributed by atoms with van der Waals surface area (Å²) in [6.07, 6.45) is 4.15. The first-order valence-corrected chi connectivity index (χ1v) is 8.45. The number of benzene rings is 1. The number of aryl methyl sites for hydroxylation is 1. The molecule has 0 radical (unpaired) electrons. The van der Waals surface area contributed by atoms with Gasteiger partial charge in [-0.25, -0.2) is 9.78 Å². The highest BCUT2D eigenvalue weighted by Gasteiger charge is 2.27. The van der Waals surface area contributed by atoms with Crippen molar-refractivity contribution in [3.05, 3.63) is 52.7 Å². The van der Waals surface area contributed by atoms with Gasteiger partial charge in [-0.05, 0) is 66.5 Å². The number of hydrogen-bond acceptors (Lipinski definition) is 4. The second kappa shape index (κ2) is 6.63. The number of anilines is 2. The third-order valence-corrected chi connectivity index (χ3v) is 4.52. The summed E-state index contributed by atoms with van der Waals surface area (Å²) in [5.41, 5.74) is 5.66. The number of carbonyl (C=O) groups is 1. The van der Waals surface area contributed by atoms with Crippen molar-refractivity contribution >= 4 is 17.5 Å². The van der Waals surface area contributed by atoms with Gasteiger partial charge < -0.3 is 10.1 Å². The molecule has 1 heterocycles. The van der Waals surface area contributed by atoms with Gasteiger partial charge in [-0.2, -0.15) is 0 Å².